The van der Waals surface area contributed by atoms with Gasteiger partial charge in [0.1, 0.15) is 11.6 Å². The molecule has 0 aliphatic carbocycles. The Morgan fingerprint density at radius 1 is 1.16 bits per heavy atom. The summed E-state index contributed by atoms with van der Waals surface area (Å²) in [4.78, 5) is 20.0. The third-order valence-electron chi connectivity index (χ3n) is 4.22. The molecule has 0 aliphatic rings. The van der Waals surface area contributed by atoms with E-state index in [1.165, 1.54) is 18.2 Å². The van der Waals surface area contributed by atoms with Crippen LogP contribution in [0.1, 0.15) is 23.7 Å². The van der Waals surface area contributed by atoms with E-state index in [1.807, 2.05) is 0 Å². The molecule has 3 aromatic rings. The average Bonchev–Trinajstić information content (AvgIpc) is 2.68. The highest BCUT2D eigenvalue weighted by Crippen LogP contribution is 2.28. The maximum Gasteiger partial charge on any atom is 0.305 e. The van der Waals surface area contributed by atoms with Crippen LogP contribution >= 0.6 is 35.4 Å². The molecule has 0 fully saturated rings. The van der Waals surface area contributed by atoms with Gasteiger partial charge in [-0.3, -0.25) is 4.79 Å². The number of nitrogens with one attached hydrogen (secondary N) is 3. The standard InChI is InChI=1S/C21H18Cl2FN5O2S/c1-11-8-18(26-14-5-3-13(24)4-6-14)28-20(25-11)29-21(32)27-17(10-19(30)31)15-7-2-12(22)9-16(15)23/h2-9,17H,10H2,1H3,(H,30,31)(H3,25,26,27,28,29,32)/t17-/m0/s1. The summed E-state index contributed by atoms with van der Waals surface area (Å²) in [6.45, 7) is 1.78. The third-order valence-corrected chi connectivity index (χ3v) is 5.00. The number of carbonyl (C=O) groups is 1. The zero-order valence-electron chi connectivity index (χ0n) is 16.7. The van der Waals surface area contributed by atoms with Gasteiger partial charge in [-0.1, -0.05) is 29.3 Å². The van der Waals surface area contributed by atoms with Crippen LogP contribution in [0.25, 0.3) is 0 Å². The van der Waals surface area contributed by atoms with Crippen LogP contribution < -0.4 is 16.0 Å². The van der Waals surface area contributed by atoms with Crippen molar-refractivity contribution in [2.75, 3.05) is 10.6 Å². The molecule has 11 heteroatoms. The molecular weight excluding hydrogens is 476 g/mol. The van der Waals surface area contributed by atoms with Crippen LogP contribution in [0, 0.1) is 12.7 Å². The number of carboxylic acids is 1. The Morgan fingerprint density at radius 3 is 2.53 bits per heavy atom. The van der Waals surface area contributed by atoms with Gasteiger partial charge in [0.15, 0.2) is 5.11 Å². The normalized spacial score (nSPS) is 11.5. The zero-order chi connectivity index (χ0) is 23.3. The second kappa shape index (κ2) is 10.5. The molecular formula is C21H18Cl2FN5O2S. The van der Waals surface area contributed by atoms with Crippen molar-refractivity contribution in [2.45, 2.75) is 19.4 Å². The van der Waals surface area contributed by atoms with E-state index in [0.717, 1.165) is 0 Å². The predicted molar refractivity (Wildman–Crippen MR) is 127 cm³/mol. The summed E-state index contributed by atoms with van der Waals surface area (Å²) >= 11 is 17.5. The first-order chi connectivity index (χ1) is 15.2. The molecule has 0 aliphatic heterocycles. The number of halogens is 3. The molecule has 2 aromatic carbocycles. The zero-order valence-corrected chi connectivity index (χ0v) is 19.0. The van der Waals surface area contributed by atoms with E-state index in [9.17, 15) is 14.3 Å². The van der Waals surface area contributed by atoms with Gasteiger partial charge >= 0.3 is 5.97 Å². The summed E-state index contributed by atoms with van der Waals surface area (Å²) in [6, 6.07) is 11.6. The minimum absolute atomic E-state index is 0.112. The lowest BCUT2D eigenvalue weighted by Crippen LogP contribution is -2.34. The van der Waals surface area contributed by atoms with E-state index in [1.54, 1.807) is 37.3 Å². The van der Waals surface area contributed by atoms with Crippen molar-refractivity contribution in [3.8, 4) is 0 Å². The molecule has 0 amide bonds. The van der Waals surface area contributed by atoms with E-state index in [0.29, 0.717) is 32.8 Å². The number of rotatable bonds is 7. The van der Waals surface area contributed by atoms with Crippen molar-refractivity contribution in [3.05, 3.63) is 75.7 Å². The first-order valence-corrected chi connectivity index (χ1v) is 10.5. The van der Waals surface area contributed by atoms with Crippen LogP contribution in [-0.2, 0) is 4.79 Å². The van der Waals surface area contributed by atoms with Gasteiger partial charge in [-0.15, -0.1) is 0 Å². The lowest BCUT2D eigenvalue weighted by Gasteiger charge is -2.21. The van der Waals surface area contributed by atoms with Crippen molar-refractivity contribution in [1.29, 1.82) is 0 Å². The highest BCUT2D eigenvalue weighted by atomic mass is 35.5. The van der Waals surface area contributed by atoms with Gasteiger partial charge in [0.2, 0.25) is 5.95 Å². The van der Waals surface area contributed by atoms with E-state index in [4.69, 9.17) is 35.4 Å². The first kappa shape index (κ1) is 23.6. The lowest BCUT2D eigenvalue weighted by molar-refractivity contribution is -0.137. The Kier molecular flexibility index (Phi) is 7.79. The quantitative estimate of drug-likeness (QED) is 0.321. The number of thiocarbonyl (C=S) groups is 1. The molecule has 0 spiro atoms. The lowest BCUT2D eigenvalue weighted by atomic mass is 10.0. The predicted octanol–water partition coefficient (Wildman–Crippen LogP) is 5.48. The fourth-order valence-electron chi connectivity index (χ4n) is 2.86. The van der Waals surface area contributed by atoms with Crippen molar-refractivity contribution in [1.82, 2.24) is 15.3 Å². The van der Waals surface area contributed by atoms with Gasteiger partial charge in [-0.25, -0.2) is 9.37 Å². The number of benzene rings is 2. The van der Waals surface area contributed by atoms with Gasteiger partial charge in [0, 0.05) is 27.5 Å². The molecule has 0 unspecified atom stereocenters. The number of aromatic nitrogens is 2. The van der Waals surface area contributed by atoms with Crippen molar-refractivity contribution in [3.63, 3.8) is 0 Å². The van der Waals surface area contributed by atoms with E-state index < -0.39 is 12.0 Å². The Balaban J connectivity index is 1.75. The topological polar surface area (TPSA) is 99.2 Å². The third kappa shape index (κ3) is 6.74. The SMILES string of the molecule is Cc1cc(Nc2ccc(F)cc2)nc(NC(=S)N[C@@H](CC(=O)O)c2ccc(Cl)cc2Cl)n1. The van der Waals surface area contributed by atoms with Crippen LogP contribution in [0.15, 0.2) is 48.5 Å². The van der Waals surface area contributed by atoms with Crippen LogP contribution in [0.3, 0.4) is 0 Å². The molecule has 1 atom stereocenters. The van der Waals surface area contributed by atoms with Crippen molar-refractivity contribution >= 4 is 64.0 Å². The Morgan fingerprint density at radius 2 is 1.88 bits per heavy atom. The number of nitrogens with zero attached hydrogens (tertiary/aromatic N) is 2. The minimum atomic E-state index is -1.03. The Hall–Kier alpha value is -3.01. The van der Waals surface area contributed by atoms with Crippen LogP contribution in [0.4, 0.5) is 21.8 Å². The molecule has 7 nitrogen and oxygen atoms in total. The summed E-state index contributed by atoms with van der Waals surface area (Å²) in [7, 11) is 0. The monoisotopic (exact) mass is 493 g/mol. The molecule has 166 valence electrons. The van der Waals surface area contributed by atoms with Gasteiger partial charge in [0.25, 0.3) is 0 Å². The average molecular weight is 494 g/mol. The maximum atomic E-state index is 13.1. The van der Waals surface area contributed by atoms with E-state index >= 15 is 0 Å². The summed E-state index contributed by atoms with van der Waals surface area (Å²) in [5, 5.41) is 19.0. The maximum absolute atomic E-state index is 13.1. The minimum Gasteiger partial charge on any atom is -0.481 e. The molecule has 3 rings (SSSR count). The molecule has 1 heterocycles. The molecule has 0 saturated carbocycles. The molecule has 0 saturated heterocycles. The number of aryl methyl sites for hydroxylation is 1. The smallest absolute Gasteiger partial charge is 0.305 e. The largest absolute Gasteiger partial charge is 0.481 e. The van der Waals surface area contributed by atoms with Crippen LogP contribution in [-0.4, -0.2) is 26.2 Å². The van der Waals surface area contributed by atoms with Gasteiger partial charge in [0.05, 0.1) is 12.5 Å². The fourth-order valence-corrected chi connectivity index (χ4v) is 3.64. The summed E-state index contributed by atoms with van der Waals surface area (Å²) in [5.41, 5.74) is 1.83. The van der Waals surface area contributed by atoms with Gasteiger partial charge < -0.3 is 21.1 Å². The number of anilines is 3. The second-order valence-corrected chi connectivity index (χ2v) is 8.02. The van der Waals surface area contributed by atoms with Crippen molar-refractivity contribution in [2.24, 2.45) is 0 Å². The molecule has 1 aromatic heterocycles. The number of hydrogen-bond donors (Lipinski definition) is 4. The molecule has 0 bridgehead atoms. The fraction of sp³-hybridized carbons (Fsp3) is 0.143. The summed E-state index contributed by atoms with van der Waals surface area (Å²) < 4.78 is 13.1. The number of hydrogen-bond acceptors (Lipinski definition) is 5. The molecule has 4 N–H and O–H groups in total. The number of aliphatic carboxylic acids is 1. The molecule has 0 radical (unpaired) electrons. The second-order valence-electron chi connectivity index (χ2n) is 6.76. The Labute approximate surface area is 199 Å². The van der Waals surface area contributed by atoms with E-state index in [-0.39, 0.29) is 23.3 Å². The molecule has 32 heavy (non-hydrogen) atoms. The van der Waals surface area contributed by atoms with Gasteiger partial charge in [-0.05, 0) is 61.1 Å². The van der Waals surface area contributed by atoms with Crippen molar-refractivity contribution < 1.29 is 14.3 Å². The highest BCUT2D eigenvalue weighted by Gasteiger charge is 2.20. The van der Waals surface area contributed by atoms with E-state index in [2.05, 4.69) is 25.9 Å². The summed E-state index contributed by atoms with van der Waals surface area (Å²) in [5.74, 6) is -0.709. The van der Waals surface area contributed by atoms with Crippen LogP contribution in [0.5, 0.6) is 0 Å². The highest BCUT2D eigenvalue weighted by molar-refractivity contribution is 7.80. The van der Waals surface area contributed by atoms with Crippen LogP contribution in [0.2, 0.25) is 10.0 Å². The first-order valence-electron chi connectivity index (χ1n) is 9.32. The number of carboxylic acid groups (broad SMARTS) is 1. The van der Waals surface area contributed by atoms with Gasteiger partial charge in [-0.2, -0.15) is 4.98 Å². The summed E-state index contributed by atoms with van der Waals surface area (Å²) in [6.07, 6.45) is -0.269. The Bertz CT molecular complexity index is 1150.